The summed E-state index contributed by atoms with van der Waals surface area (Å²) in [5, 5.41) is 2.02. The first-order chi connectivity index (χ1) is 8.38. The fraction of sp³-hybridized carbons (Fsp3) is 0.143. The highest BCUT2D eigenvalue weighted by Crippen LogP contribution is 2.13. The van der Waals surface area contributed by atoms with E-state index in [2.05, 4.69) is 11.8 Å². The Hall–Kier alpha value is -1.47. The van der Waals surface area contributed by atoms with Crippen LogP contribution in [-0.2, 0) is 0 Å². The molecule has 0 unspecified atom stereocenters. The van der Waals surface area contributed by atoms with E-state index in [0.717, 1.165) is 16.2 Å². The van der Waals surface area contributed by atoms with Crippen LogP contribution >= 0.6 is 23.7 Å². The molecule has 0 atom stereocenters. The molecule has 0 spiro atoms. The van der Waals surface area contributed by atoms with Crippen molar-refractivity contribution >= 4 is 23.7 Å². The van der Waals surface area contributed by atoms with Gasteiger partial charge >= 0.3 is 0 Å². The molecule has 2 N–H and O–H groups in total. The van der Waals surface area contributed by atoms with E-state index >= 15 is 0 Å². The minimum absolute atomic E-state index is 0. The average molecular weight is 280 g/mol. The maximum atomic E-state index is 5.44. The van der Waals surface area contributed by atoms with Crippen LogP contribution in [0.15, 0.2) is 41.8 Å². The molecule has 1 aromatic carbocycles. The molecule has 2 aromatic rings. The van der Waals surface area contributed by atoms with E-state index in [1.165, 1.54) is 0 Å². The fourth-order valence-corrected chi connectivity index (χ4v) is 1.89. The van der Waals surface area contributed by atoms with Crippen molar-refractivity contribution in [2.75, 3.05) is 13.2 Å². The van der Waals surface area contributed by atoms with Crippen molar-refractivity contribution in [2.24, 2.45) is 5.73 Å². The van der Waals surface area contributed by atoms with Crippen LogP contribution in [0.3, 0.4) is 0 Å². The van der Waals surface area contributed by atoms with E-state index in [4.69, 9.17) is 10.5 Å². The SMILES string of the molecule is Cl.NCCOc1cccc(C#Cc2cccs2)c1. The molecule has 0 radical (unpaired) electrons. The minimum Gasteiger partial charge on any atom is -0.492 e. The molecule has 0 amide bonds. The van der Waals surface area contributed by atoms with E-state index in [0.29, 0.717) is 13.2 Å². The van der Waals surface area contributed by atoms with Gasteiger partial charge in [-0.05, 0) is 29.6 Å². The second kappa shape index (κ2) is 7.78. The molecular formula is C14H14ClNOS. The molecule has 0 aliphatic rings. The monoisotopic (exact) mass is 279 g/mol. The Morgan fingerprint density at radius 1 is 1.17 bits per heavy atom. The molecule has 18 heavy (non-hydrogen) atoms. The number of benzene rings is 1. The van der Waals surface area contributed by atoms with E-state index < -0.39 is 0 Å². The fourth-order valence-electron chi connectivity index (χ4n) is 1.32. The highest BCUT2D eigenvalue weighted by molar-refractivity contribution is 7.10. The molecule has 2 nitrogen and oxygen atoms in total. The summed E-state index contributed by atoms with van der Waals surface area (Å²) in [7, 11) is 0. The first-order valence-corrected chi connectivity index (χ1v) is 6.25. The van der Waals surface area contributed by atoms with Crippen LogP contribution in [0.25, 0.3) is 0 Å². The molecule has 0 fully saturated rings. The van der Waals surface area contributed by atoms with Gasteiger partial charge in [0.15, 0.2) is 0 Å². The number of halogens is 1. The van der Waals surface area contributed by atoms with Gasteiger partial charge in [-0.3, -0.25) is 0 Å². The highest BCUT2D eigenvalue weighted by atomic mass is 35.5. The van der Waals surface area contributed by atoms with Gasteiger partial charge in [-0.25, -0.2) is 0 Å². The standard InChI is InChI=1S/C14H13NOS.ClH/c15-8-9-16-13-4-1-3-12(11-13)6-7-14-5-2-10-17-14;/h1-5,10-11H,8-9,15H2;1H. The second-order valence-corrected chi connectivity index (χ2v) is 4.34. The normalized spacial score (nSPS) is 8.94. The van der Waals surface area contributed by atoms with Crippen LogP contribution in [-0.4, -0.2) is 13.2 Å². The lowest BCUT2D eigenvalue weighted by molar-refractivity contribution is 0.328. The van der Waals surface area contributed by atoms with Crippen molar-refractivity contribution in [2.45, 2.75) is 0 Å². The molecule has 0 aliphatic heterocycles. The maximum Gasteiger partial charge on any atom is 0.120 e. The zero-order valence-corrected chi connectivity index (χ0v) is 11.4. The van der Waals surface area contributed by atoms with Crippen molar-refractivity contribution < 1.29 is 4.74 Å². The minimum atomic E-state index is 0. The second-order valence-electron chi connectivity index (χ2n) is 3.39. The summed E-state index contributed by atoms with van der Waals surface area (Å²) in [6.07, 6.45) is 0. The van der Waals surface area contributed by atoms with Gasteiger partial charge < -0.3 is 10.5 Å². The third kappa shape index (κ3) is 4.42. The average Bonchev–Trinajstić information content (AvgIpc) is 2.87. The lowest BCUT2D eigenvalue weighted by Gasteiger charge is -2.03. The van der Waals surface area contributed by atoms with Crippen LogP contribution in [0.1, 0.15) is 10.4 Å². The Morgan fingerprint density at radius 3 is 2.78 bits per heavy atom. The summed E-state index contributed by atoms with van der Waals surface area (Å²) in [5.41, 5.74) is 6.34. The Labute approximate surface area is 117 Å². The van der Waals surface area contributed by atoms with Crippen molar-refractivity contribution in [3.63, 3.8) is 0 Å². The molecule has 2 rings (SSSR count). The van der Waals surface area contributed by atoms with Gasteiger partial charge in [-0.2, -0.15) is 0 Å². The Morgan fingerprint density at radius 2 is 2.06 bits per heavy atom. The summed E-state index contributed by atoms with van der Waals surface area (Å²) in [5.74, 6) is 7.04. The number of hydrogen-bond donors (Lipinski definition) is 1. The zero-order chi connectivity index (χ0) is 11.9. The molecule has 1 heterocycles. The van der Waals surface area contributed by atoms with Crippen molar-refractivity contribution in [1.29, 1.82) is 0 Å². The number of thiophene rings is 1. The molecule has 4 heteroatoms. The van der Waals surface area contributed by atoms with Gasteiger partial charge in [0.1, 0.15) is 12.4 Å². The molecule has 0 saturated carbocycles. The summed E-state index contributed by atoms with van der Waals surface area (Å²) >= 11 is 1.64. The summed E-state index contributed by atoms with van der Waals surface area (Å²) in [4.78, 5) is 1.07. The Kier molecular flexibility index (Phi) is 6.31. The number of rotatable bonds is 3. The largest absolute Gasteiger partial charge is 0.492 e. The summed E-state index contributed by atoms with van der Waals surface area (Å²) in [6.45, 7) is 1.05. The Balaban J connectivity index is 0.00000162. The van der Waals surface area contributed by atoms with E-state index in [1.54, 1.807) is 11.3 Å². The molecular weight excluding hydrogens is 266 g/mol. The Bertz CT molecular complexity index is 528. The van der Waals surface area contributed by atoms with Crippen LogP contribution in [0.2, 0.25) is 0 Å². The van der Waals surface area contributed by atoms with Gasteiger partial charge in [0.25, 0.3) is 0 Å². The van der Waals surface area contributed by atoms with E-state index in [1.807, 2.05) is 41.8 Å². The van der Waals surface area contributed by atoms with Crippen LogP contribution in [0, 0.1) is 11.8 Å². The first-order valence-electron chi connectivity index (χ1n) is 5.37. The maximum absolute atomic E-state index is 5.44. The molecule has 94 valence electrons. The molecule has 0 aliphatic carbocycles. The number of ether oxygens (including phenoxy) is 1. The van der Waals surface area contributed by atoms with Crippen LogP contribution in [0.5, 0.6) is 5.75 Å². The van der Waals surface area contributed by atoms with Gasteiger partial charge in [-0.1, -0.05) is 24.0 Å². The highest BCUT2D eigenvalue weighted by Gasteiger charge is 1.94. The predicted molar refractivity (Wildman–Crippen MR) is 78.5 cm³/mol. The van der Waals surface area contributed by atoms with Gasteiger partial charge in [0, 0.05) is 12.1 Å². The van der Waals surface area contributed by atoms with Crippen LogP contribution < -0.4 is 10.5 Å². The lowest BCUT2D eigenvalue weighted by Crippen LogP contribution is -2.10. The van der Waals surface area contributed by atoms with Crippen molar-refractivity contribution in [3.05, 3.63) is 52.2 Å². The summed E-state index contributed by atoms with van der Waals surface area (Å²) < 4.78 is 5.44. The van der Waals surface area contributed by atoms with Gasteiger partial charge in [0.2, 0.25) is 0 Å². The van der Waals surface area contributed by atoms with E-state index in [9.17, 15) is 0 Å². The zero-order valence-electron chi connectivity index (χ0n) is 9.76. The topological polar surface area (TPSA) is 35.2 Å². The molecule has 0 saturated heterocycles. The quantitative estimate of drug-likeness (QED) is 0.877. The van der Waals surface area contributed by atoms with Crippen molar-refractivity contribution in [3.8, 4) is 17.6 Å². The first kappa shape index (κ1) is 14.6. The van der Waals surface area contributed by atoms with Crippen molar-refractivity contribution in [1.82, 2.24) is 0 Å². The van der Waals surface area contributed by atoms with E-state index in [-0.39, 0.29) is 12.4 Å². The lowest BCUT2D eigenvalue weighted by atomic mass is 10.2. The molecule has 1 aromatic heterocycles. The van der Waals surface area contributed by atoms with Gasteiger partial charge in [-0.15, -0.1) is 23.7 Å². The van der Waals surface area contributed by atoms with Gasteiger partial charge in [0.05, 0.1) is 4.88 Å². The van der Waals surface area contributed by atoms with Crippen LogP contribution in [0.4, 0.5) is 0 Å². The third-order valence-corrected chi connectivity index (χ3v) is 2.86. The molecule has 0 bridgehead atoms. The smallest absolute Gasteiger partial charge is 0.120 e. The summed E-state index contributed by atoms with van der Waals surface area (Å²) in [6, 6.07) is 11.7. The predicted octanol–water partition coefficient (Wildman–Crippen LogP) is 2.91. The number of nitrogens with two attached hydrogens (primary N) is 1. The number of hydrogen-bond acceptors (Lipinski definition) is 3. The third-order valence-electron chi connectivity index (χ3n) is 2.07.